The maximum absolute atomic E-state index is 6.02. The van der Waals surface area contributed by atoms with E-state index in [1.807, 2.05) is 30.3 Å². The van der Waals surface area contributed by atoms with Crippen LogP contribution >= 0.6 is 31.9 Å². The van der Waals surface area contributed by atoms with Crippen molar-refractivity contribution in [1.29, 1.82) is 0 Å². The fourth-order valence-electron chi connectivity index (χ4n) is 1.91. The van der Waals surface area contributed by atoms with Gasteiger partial charge >= 0.3 is 0 Å². The highest BCUT2D eigenvalue weighted by atomic mass is 79.9. The van der Waals surface area contributed by atoms with Gasteiger partial charge in [-0.05, 0) is 52.2 Å². The number of rotatable bonds is 4. The molecule has 0 saturated heterocycles. The summed E-state index contributed by atoms with van der Waals surface area (Å²) in [7, 11) is 0. The van der Waals surface area contributed by atoms with Gasteiger partial charge < -0.3 is 10.5 Å². The molecule has 0 aliphatic rings. The fraction of sp³-hybridized carbons (Fsp3) is 0.200. The molecule has 2 aromatic rings. The molecule has 0 heterocycles. The summed E-state index contributed by atoms with van der Waals surface area (Å²) in [5.74, 6) is 0.793. The summed E-state index contributed by atoms with van der Waals surface area (Å²) in [5.41, 5.74) is 8.16. The van der Waals surface area contributed by atoms with Crippen LogP contribution < -0.4 is 10.5 Å². The van der Waals surface area contributed by atoms with Crippen LogP contribution in [0.1, 0.15) is 17.2 Å². The van der Waals surface area contributed by atoms with Crippen LogP contribution in [-0.4, -0.2) is 6.54 Å². The number of ether oxygens (including phenoxy) is 1. The second kappa shape index (κ2) is 6.55. The lowest BCUT2D eigenvalue weighted by Crippen LogP contribution is -2.19. The molecule has 100 valence electrons. The molecule has 0 fully saturated rings. The van der Waals surface area contributed by atoms with E-state index in [0.717, 1.165) is 20.3 Å². The first-order valence-corrected chi connectivity index (χ1v) is 7.57. The Bertz CT molecular complexity index is 572. The van der Waals surface area contributed by atoms with Gasteiger partial charge in [0.25, 0.3) is 0 Å². The van der Waals surface area contributed by atoms with E-state index in [2.05, 4.69) is 50.9 Å². The van der Waals surface area contributed by atoms with Crippen LogP contribution in [0.25, 0.3) is 0 Å². The minimum atomic E-state index is -0.140. The van der Waals surface area contributed by atoms with Gasteiger partial charge in [0.1, 0.15) is 11.9 Å². The lowest BCUT2D eigenvalue weighted by Gasteiger charge is -2.20. The number of aryl methyl sites for hydroxylation is 1. The summed E-state index contributed by atoms with van der Waals surface area (Å²) in [4.78, 5) is 0. The normalized spacial score (nSPS) is 12.2. The molecule has 1 unspecified atom stereocenters. The first-order chi connectivity index (χ1) is 9.11. The summed E-state index contributed by atoms with van der Waals surface area (Å²) >= 11 is 6.93. The van der Waals surface area contributed by atoms with Gasteiger partial charge in [0.05, 0.1) is 4.47 Å². The zero-order chi connectivity index (χ0) is 13.8. The Kier molecular flexibility index (Phi) is 5.02. The summed E-state index contributed by atoms with van der Waals surface area (Å²) in [6.07, 6.45) is -0.140. The molecular formula is C15H15Br2NO. The monoisotopic (exact) mass is 383 g/mol. The highest BCUT2D eigenvalue weighted by molar-refractivity contribution is 9.11. The Morgan fingerprint density at radius 1 is 1.16 bits per heavy atom. The highest BCUT2D eigenvalue weighted by Crippen LogP contribution is 2.32. The van der Waals surface area contributed by atoms with Gasteiger partial charge in [-0.25, -0.2) is 0 Å². The van der Waals surface area contributed by atoms with E-state index in [4.69, 9.17) is 10.5 Å². The molecule has 4 heteroatoms. The standard InChI is InChI=1S/C15H15Br2NO/c1-10-4-2-3-5-12(10)15(9-18)19-14-7-6-11(16)8-13(14)17/h2-8,15H,9,18H2,1H3. The summed E-state index contributed by atoms with van der Waals surface area (Å²) < 4.78 is 7.94. The average molecular weight is 385 g/mol. The minimum Gasteiger partial charge on any atom is -0.483 e. The van der Waals surface area contributed by atoms with Gasteiger partial charge in [-0.15, -0.1) is 0 Å². The lowest BCUT2D eigenvalue weighted by molar-refractivity contribution is 0.212. The zero-order valence-corrected chi connectivity index (χ0v) is 13.7. The largest absolute Gasteiger partial charge is 0.483 e. The number of nitrogens with two attached hydrogens (primary N) is 1. The van der Waals surface area contributed by atoms with Crippen LogP contribution in [0.4, 0.5) is 0 Å². The van der Waals surface area contributed by atoms with Crippen molar-refractivity contribution in [2.75, 3.05) is 6.54 Å². The van der Waals surface area contributed by atoms with Crippen molar-refractivity contribution >= 4 is 31.9 Å². The van der Waals surface area contributed by atoms with Crippen LogP contribution in [0.15, 0.2) is 51.4 Å². The molecule has 0 aromatic heterocycles. The summed E-state index contributed by atoms with van der Waals surface area (Å²) in [6.45, 7) is 2.51. The summed E-state index contributed by atoms with van der Waals surface area (Å²) in [5, 5.41) is 0. The Morgan fingerprint density at radius 3 is 2.53 bits per heavy atom. The van der Waals surface area contributed by atoms with E-state index in [9.17, 15) is 0 Å². The molecule has 0 bridgehead atoms. The Hall–Kier alpha value is -0.840. The van der Waals surface area contributed by atoms with E-state index < -0.39 is 0 Å². The van der Waals surface area contributed by atoms with Gasteiger partial charge in [0, 0.05) is 11.0 Å². The quantitative estimate of drug-likeness (QED) is 0.835. The molecule has 0 aliphatic carbocycles. The molecule has 2 nitrogen and oxygen atoms in total. The van der Waals surface area contributed by atoms with Gasteiger partial charge in [0.15, 0.2) is 0 Å². The second-order valence-electron chi connectivity index (χ2n) is 4.27. The third kappa shape index (κ3) is 3.59. The number of hydrogen-bond acceptors (Lipinski definition) is 2. The van der Waals surface area contributed by atoms with Crippen molar-refractivity contribution in [3.8, 4) is 5.75 Å². The predicted octanol–water partition coefficient (Wildman–Crippen LogP) is 4.60. The van der Waals surface area contributed by atoms with Crippen molar-refractivity contribution in [2.45, 2.75) is 13.0 Å². The van der Waals surface area contributed by atoms with Gasteiger partial charge in [-0.2, -0.15) is 0 Å². The van der Waals surface area contributed by atoms with E-state index in [0.29, 0.717) is 6.54 Å². The molecule has 19 heavy (non-hydrogen) atoms. The van der Waals surface area contributed by atoms with Crippen LogP contribution in [-0.2, 0) is 0 Å². The SMILES string of the molecule is Cc1ccccc1C(CN)Oc1ccc(Br)cc1Br. The maximum atomic E-state index is 6.02. The average Bonchev–Trinajstić information content (AvgIpc) is 2.39. The molecule has 0 spiro atoms. The maximum Gasteiger partial charge on any atom is 0.136 e. The third-order valence-corrected chi connectivity index (χ3v) is 4.03. The van der Waals surface area contributed by atoms with E-state index in [1.54, 1.807) is 0 Å². The van der Waals surface area contributed by atoms with Crippen LogP contribution in [0.5, 0.6) is 5.75 Å². The highest BCUT2D eigenvalue weighted by Gasteiger charge is 2.15. The molecule has 2 aromatic carbocycles. The Labute approximate surface area is 130 Å². The van der Waals surface area contributed by atoms with Gasteiger partial charge in [0.2, 0.25) is 0 Å². The smallest absolute Gasteiger partial charge is 0.136 e. The van der Waals surface area contributed by atoms with Crippen LogP contribution in [0.2, 0.25) is 0 Å². The first-order valence-electron chi connectivity index (χ1n) is 5.99. The van der Waals surface area contributed by atoms with Crippen molar-refractivity contribution in [1.82, 2.24) is 0 Å². The molecule has 0 aliphatic heterocycles. The Balaban J connectivity index is 2.27. The van der Waals surface area contributed by atoms with E-state index in [1.165, 1.54) is 5.56 Å². The number of benzene rings is 2. The first kappa shape index (κ1) is 14.6. The van der Waals surface area contributed by atoms with Crippen LogP contribution in [0.3, 0.4) is 0 Å². The lowest BCUT2D eigenvalue weighted by atomic mass is 10.0. The topological polar surface area (TPSA) is 35.2 Å². The predicted molar refractivity (Wildman–Crippen MR) is 85.4 cm³/mol. The third-order valence-electron chi connectivity index (χ3n) is 2.91. The van der Waals surface area contributed by atoms with Crippen molar-refractivity contribution in [2.24, 2.45) is 5.73 Å². The van der Waals surface area contributed by atoms with Gasteiger partial charge in [-0.1, -0.05) is 40.2 Å². The van der Waals surface area contributed by atoms with Crippen molar-refractivity contribution < 1.29 is 4.74 Å². The molecule has 1 atom stereocenters. The molecule has 2 rings (SSSR count). The zero-order valence-electron chi connectivity index (χ0n) is 10.6. The van der Waals surface area contributed by atoms with Crippen molar-refractivity contribution in [3.05, 3.63) is 62.5 Å². The van der Waals surface area contributed by atoms with Crippen molar-refractivity contribution in [3.63, 3.8) is 0 Å². The number of halogens is 2. The summed E-state index contributed by atoms with van der Waals surface area (Å²) in [6, 6.07) is 14.0. The molecule has 2 N–H and O–H groups in total. The van der Waals surface area contributed by atoms with Gasteiger partial charge in [-0.3, -0.25) is 0 Å². The van der Waals surface area contributed by atoms with Crippen LogP contribution in [0, 0.1) is 6.92 Å². The minimum absolute atomic E-state index is 0.140. The fourth-order valence-corrected chi connectivity index (χ4v) is 3.05. The molecule has 0 saturated carbocycles. The molecular weight excluding hydrogens is 370 g/mol. The molecule has 0 amide bonds. The van der Waals surface area contributed by atoms with E-state index in [-0.39, 0.29) is 6.10 Å². The van der Waals surface area contributed by atoms with E-state index >= 15 is 0 Å². The molecule has 0 radical (unpaired) electrons. The number of hydrogen-bond donors (Lipinski definition) is 1. The Morgan fingerprint density at radius 2 is 1.89 bits per heavy atom. The second-order valence-corrected chi connectivity index (χ2v) is 6.04.